The molecule has 2 aromatic rings. The molecule has 1 amide bonds. The van der Waals surface area contributed by atoms with Crippen molar-refractivity contribution in [3.05, 3.63) is 47.0 Å². The van der Waals surface area contributed by atoms with Gasteiger partial charge in [-0.1, -0.05) is 11.6 Å². The highest BCUT2D eigenvalue weighted by Crippen LogP contribution is 2.22. The molecule has 0 fully saturated rings. The summed E-state index contributed by atoms with van der Waals surface area (Å²) in [7, 11) is 1.51. The Balaban J connectivity index is 1.85. The molecule has 2 rings (SSSR count). The van der Waals surface area contributed by atoms with Crippen molar-refractivity contribution < 1.29 is 9.53 Å². The van der Waals surface area contributed by atoms with Crippen molar-refractivity contribution in [3.8, 4) is 5.75 Å². The Bertz CT molecular complexity index is 570. The molecule has 0 unspecified atom stereocenters. The summed E-state index contributed by atoms with van der Waals surface area (Å²) in [4.78, 5) is 19.2. The predicted octanol–water partition coefficient (Wildman–Crippen LogP) is 2.43. The van der Waals surface area contributed by atoms with Crippen molar-refractivity contribution in [1.29, 1.82) is 0 Å². The molecule has 0 saturated carbocycles. The Labute approximate surface area is 122 Å². The molecule has 1 aromatic carbocycles. The summed E-state index contributed by atoms with van der Waals surface area (Å²) in [5, 5.41) is 3.39. The van der Waals surface area contributed by atoms with E-state index in [1.165, 1.54) is 7.11 Å². The fourth-order valence-corrected chi connectivity index (χ4v) is 2.00. The van der Waals surface area contributed by atoms with Crippen molar-refractivity contribution in [3.63, 3.8) is 0 Å². The zero-order chi connectivity index (χ0) is 14.4. The molecule has 0 aliphatic heterocycles. The van der Waals surface area contributed by atoms with Crippen LogP contribution in [0.4, 0.5) is 0 Å². The van der Waals surface area contributed by atoms with Crippen molar-refractivity contribution in [2.75, 3.05) is 13.7 Å². The smallest absolute Gasteiger partial charge is 0.255 e. The first-order valence-corrected chi connectivity index (χ1v) is 6.68. The van der Waals surface area contributed by atoms with Crippen LogP contribution in [0, 0.1) is 0 Å². The standard InChI is InChI=1S/C14H16ClN3O2/c1-20-12-9-10(15)4-5-11(12)14(19)18-6-2-3-13-16-7-8-17-13/h4-5,7-9H,2-3,6H2,1H3,(H,16,17)(H,18,19). The number of aromatic nitrogens is 2. The van der Waals surface area contributed by atoms with E-state index in [-0.39, 0.29) is 5.91 Å². The molecule has 0 bridgehead atoms. The maximum Gasteiger partial charge on any atom is 0.255 e. The number of benzene rings is 1. The van der Waals surface area contributed by atoms with Crippen LogP contribution < -0.4 is 10.1 Å². The van der Waals surface area contributed by atoms with E-state index in [0.717, 1.165) is 18.7 Å². The zero-order valence-corrected chi connectivity index (χ0v) is 11.9. The summed E-state index contributed by atoms with van der Waals surface area (Å²) in [5.74, 6) is 1.22. The molecular formula is C14H16ClN3O2. The van der Waals surface area contributed by atoms with Gasteiger partial charge in [-0.25, -0.2) is 4.98 Å². The van der Waals surface area contributed by atoms with E-state index >= 15 is 0 Å². The lowest BCUT2D eigenvalue weighted by Crippen LogP contribution is -2.25. The Hall–Kier alpha value is -2.01. The van der Waals surface area contributed by atoms with Gasteiger partial charge in [0.05, 0.1) is 12.7 Å². The number of carbonyl (C=O) groups excluding carboxylic acids is 1. The first-order chi connectivity index (χ1) is 9.70. The van der Waals surface area contributed by atoms with E-state index in [9.17, 15) is 4.79 Å². The number of aryl methyl sites for hydroxylation is 1. The Morgan fingerprint density at radius 3 is 3.05 bits per heavy atom. The summed E-state index contributed by atoms with van der Waals surface area (Å²) in [6.07, 6.45) is 5.11. The van der Waals surface area contributed by atoms with Crippen molar-refractivity contribution >= 4 is 17.5 Å². The Morgan fingerprint density at radius 2 is 2.35 bits per heavy atom. The quantitative estimate of drug-likeness (QED) is 0.804. The molecule has 0 aliphatic rings. The topological polar surface area (TPSA) is 67.0 Å². The van der Waals surface area contributed by atoms with E-state index in [2.05, 4.69) is 15.3 Å². The number of aromatic amines is 1. The molecule has 5 nitrogen and oxygen atoms in total. The average molecular weight is 294 g/mol. The number of hydrogen-bond donors (Lipinski definition) is 2. The molecule has 0 saturated heterocycles. The van der Waals surface area contributed by atoms with Gasteiger partial charge in [0.1, 0.15) is 11.6 Å². The number of carbonyl (C=O) groups is 1. The maximum atomic E-state index is 12.0. The summed E-state index contributed by atoms with van der Waals surface area (Å²) in [5.41, 5.74) is 0.481. The van der Waals surface area contributed by atoms with Crippen LogP contribution in [-0.2, 0) is 6.42 Å². The van der Waals surface area contributed by atoms with Gasteiger partial charge in [-0.05, 0) is 24.6 Å². The molecule has 2 N–H and O–H groups in total. The largest absolute Gasteiger partial charge is 0.496 e. The lowest BCUT2D eigenvalue weighted by Gasteiger charge is -2.09. The van der Waals surface area contributed by atoms with Crippen LogP contribution in [0.3, 0.4) is 0 Å². The van der Waals surface area contributed by atoms with Gasteiger partial charge in [-0.15, -0.1) is 0 Å². The third kappa shape index (κ3) is 3.74. The molecule has 0 atom stereocenters. The van der Waals surface area contributed by atoms with Crippen LogP contribution in [0.25, 0.3) is 0 Å². The van der Waals surface area contributed by atoms with E-state index in [1.54, 1.807) is 30.6 Å². The van der Waals surface area contributed by atoms with Crippen LogP contribution in [0.1, 0.15) is 22.6 Å². The van der Waals surface area contributed by atoms with Gasteiger partial charge >= 0.3 is 0 Å². The molecule has 1 heterocycles. The number of H-pyrrole nitrogens is 1. The highest BCUT2D eigenvalue weighted by atomic mass is 35.5. The number of nitrogens with zero attached hydrogens (tertiary/aromatic N) is 1. The van der Waals surface area contributed by atoms with E-state index in [0.29, 0.717) is 22.9 Å². The lowest BCUT2D eigenvalue weighted by molar-refractivity contribution is 0.0950. The van der Waals surface area contributed by atoms with Crippen molar-refractivity contribution in [1.82, 2.24) is 15.3 Å². The third-order valence-corrected chi connectivity index (χ3v) is 3.07. The van der Waals surface area contributed by atoms with E-state index < -0.39 is 0 Å². The van der Waals surface area contributed by atoms with Crippen molar-refractivity contribution in [2.45, 2.75) is 12.8 Å². The van der Waals surface area contributed by atoms with Gasteiger partial charge < -0.3 is 15.0 Å². The molecule has 6 heteroatoms. The number of imidazole rings is 1. The van der Waals surface area contributed by atoms with Crippen LogP contribution in [0.15, 0.2) is 30.6 Å². The second-order valence-corrected chi connectivity index (χ2v) is 4.68. The number of ether oxygens (including phenoxy) is 1. The first kappa shape index (κ1) is 14.4. The summed E-state index contributed by atoms with van der Waals surface area (Å²) >= 11 is 5.86. The second kappa shape index (κ2) is 6.96. The summed E-state index contributed by atoms with van der Waals surface area (Å²) in [6.45, 7) is 0.575. The fourth-order valence-electron chi connectivity index (χ4n) is 1.84. The Kier molecular flexibility index (Phi) is 5.01. The number of hydrogen-bond acceptors (Lipinski definition) is 3. The summed E-state index contributed by atoms with van der Waals surface area (Å²) in [6, 6.07) is 4.95. The maximum absolute atomic E-state index is 12.0. The third-order valence-electron chi connectivity index (χ3n) is 2.84. The molecule has 20 heavy (non-hydrogen) atoms. The molecule has 0 radical (unpaired) electrons. The van der Waals surface area contributed by atoms with Gasteiger partial charge in [-0.3, -0.25) is 4.79 Å². The van der Waals surface area contributed by atoms with Gasteiger partial charge in [-0.2, -0.15) is 0 Å². The van der Waals surface area contributed by atoms with E-state index in [1.807, 2.05) is 0 Å². The predicted molar refractivity (Wildman–Crippen MR) is 77.2 cm³/mol. The Morgan fingerprint density at radius 1 is 1.50 bits per heavy atom. The summed E-state index contributed by atoms with van der Waals surface area (Å²) < 4.78 is 5.15. The highest BCUT2D eigenvalue weighted by Gasteiger charge is 2.11. The monoisotopic (exact) mass is 293 g/mol. The van der Waals surface area contributed by atoms with Crippen molar-refractivity contribution in [2.24, 2.45) is 0 Å². The number of methoxy groups -OCH3 is 1. The minimum absolute atomic E-state index is 0.169. The number of halogens is 1. The fraction of sp³-hybridized carbons (Fsp3) is 0.286. The number of rotatable bonds is 6. The minimum Gasteiger partial charge on any atom is -0.496 e. The first-order valence-electron chi connectivity index (χ1n) is 6.30. The molecule has 1 aromatic heterocycles. The van der Waals surface area contributed by atoms with Crippen LogP contribution in [0.5, 0.6) is 5.75 Å². The van der Waals surface area contributed by atoms with Crippen LogP contribution in [0.2, 0.25) is 5.02 Å². The average Bonchev–Trinajstić information content (AvgIpc) is 2.96. The van der Waals surface area contributed by atoms with Crippen LogP contribution in [-0.4, -0.2) is 29.5 Å². The zero-order valence-electron chi connectivity index (χ0n) is 11.1. The molecule has 106 valence electrons. The number of nitrogens with one attached hydrogen (secondary N) is 2. The second-order valence-electron chi connectivity index (χ2n) is 4.24. The SMILES string of the molecule is COc1cc(Cl)ccc1C(=O)NCCCc1ncc[nH]1. The van der Waals surface area contributed by atoms with Gasteiger partial charge in [0, 0.05) is 30.4 Å². The van der Waals surface area contributed by atoms with Crippen LogP contribution >= 0.6 is 11.6 Å². The molecule has 0 aliphatic carbocycles. The van der Waals surface area contributed by atoms with Gasteiger partial charge in [0.25, 0.3) is 5.91 Å². The minimum atomic E-state index is -0.169. The van der Waals surface area contributed by atoms with Gasteiger partial charge in [0.2, 0.25) is 0 Å². The van der Waals surface area contributed by atoms with Gasteiger partial charge in [0.15, 0.2) is 0 Å². The molecular weight excluding hydrogens is 278 g/mol. The lowest BCUT2D eigenvalue weighted by atomic mass is 10.2. The number of amides is 1. The normalized spacial score (nSPS) is 10.3. The highest BCUT2D eigenvalue weighted by molar-refractivity contribution is 6.30. The van der Waals surface area contributed by atoms with E-state index in [4.69, 9.17) is 16.3 Å². The molecule has 0 spiro atoms.